The Hall–Kier alpha value is -2.95. The van der Waals surface area contributed by atoms with Gasteiger partial charge in [0.25, 0.3) is 0 Å². The van der Waals surface area contributed by atoms with Crippen LogP contribution in [0.15, 0.2) is 48.5 Å². The third-order valence-electron chi connectivity index (χ3n) is 2.98. The highest BCUT2D eigenvalue weighted by Crippen LogP contribution is 2.23. The molecule has 0 saturated carbocycles. The highest BCUT2D eigenvalue weighted by atomic mass is 16.5. The molecule has 0 aliphatic heterocycles. The van der Waals surface area contributed by atoms with Gasteiger partial charge in [-0.05, 0) is 42.3 Å². The van der Waals surface area contributed by atoms with Crippen molar-refractivity contribution in [2.75, 3.05) is 6.61 Å². The zero-order chi connectivity index (χ0) is 16.8. The minimum atomic E-state index is -0.531. The summed E-state index contributed by atoms with van der Waals surface area (Å²) in [7, 11) is 0. The summed E-state index contributed by atoms with van der Waals surface area (Å²) in [5.74, 6) is -0.628. The molecular weight excluding hydrogens is 296 g/mol. The van der Waals surface area contributed by atoms with Crippen molar-refractivity contribution >= 4 is 17.7 Å². The summed E-state index contributed by atoms with van der Waals surface area (Å²) in [6, 6.07) is 13.9. The van der Waals surface area contributed by atoms with Crippen molar-refractivity contribution in [1.82, 2.24) is 0 Å². The summed E-state index contributed by atoms with van der Waals surface area (Å²) in [5, 5.41) is 0. The number of Topliss-reactive ketones (excluding diaryl/α,β-unsaturated/α-hetero) is 1. The van der Waals surface area contributed by atoms with Crippen molar-refractivity contribution in [2.24, 2.45) is 0 Å². The van der Waals surface area contributed by atoms with E-state index in [0.717, 1.165) is 11.1 Å². The monoisotopic (exact) mass is 312 g/mol. The van der Waals surface area contributed by atoms with Gasteiger partial charge < -0.3 is 9.47 Å². The second kappa shape index (κ2) is 7.35. The number of rotatable bonds is 5. The first-order valence-corrected chi connectivity index (χ1v) is 7.01. The van der Waals surface area contributed by atoms with Crippen LogP contribution >= 0.6 is 0 Å². The minimum Gasteiger partial charge on any atom is -0.454 e. The van der Waals surface area contributed by atoms with Crippen molar-refractivity contribution in [3.8, 4) is 16.9 Å². The lowest BCUT2D eigenvalue weighted by Gasteiger charge is -2.06. The van der Waals surface area contributed by atoms with Crippen molar-refractivity contribution in [1.29, 1.82) is 0 Å². The Morgan fingerprint density at radius 3 is 1.83 bits per heavy atom. The molecule has 2 aromatic carbocycles. The Morgan fingerprint density at radius 1 is 0.826 bits per heavy atom. The Kier molecular flexibility index (Phi) is 5.25. The van der Waals surface area contributed by atoms with Gasteiger partial charge in [0.05, 0.1) is 5.56 Å². The molecule has 0 amide bonds. The van der Waals surface area contributed by atoms with Crippen LogP contribution < -0.4 is 4.74 Å². The molecule has 0 spiro atoms. The molecule has 0 fully saturated rings. The molecule has 0 atom stereocenters. The zero-order valence-corrected chi connectivity index (χ0v) is 12.9. The van der Waals surface area contributed by atoms with Crippen LogP contribution in [-0.4, -0.2) is 24.3 Å². The molecule has 2 rings (SSSR count). The minimum absolute atomic E-state index is 0.206. The predicted octanol–water partition coefficient (Wildman–Crippen LogP) is 3.02. The van der Waals surface area contributed by atoms with Gasteiger partial charge in [0.1, 0.15) is 12.4 Å². The van der Waals surface area contributed by atoms with E-state index in [1.165, 1.54) is 13.8 Å². The summed E-state index contributed by atoms with van der Waals surface area (Å²) in [4.78, 5) is 33.4. The number of esters is 2. The third-order valence-corrected chi connectivity index (χ3v) is 2.98. The molecule has 0 radical (unpaired) electrons. The molecule has 118 valence electrons. The van der Waals surface area contributed by atoms with Crippen LogP contribution in [0.5, 0.6) is 5.75 Å². The van der Waals surface area contributed by atoms with Crippen LogP contribution in [0.1, 0.15) is 24.2 Å². The Labute approximate surface area is 133 Å². The van der Waals surface area contributed by atoms with Crippen LogP contribution in [0.2, 0.25) is 0 Å². The molecule has 0 N–H and O–H groups in total. The van der Waals surface area contributed by atoms with Crippen molar-refractivity contribution in [3.63, 3.8) is 0 Å². The number of benzene rings is 2. The lowest BCUT2D eigenvalue weighted by molar-refractivity contribution is -0.131. The average molecular weight is 312 g/mol. The molecule has 5 nitrogen and oxygen atoms in total. The molecule has 0 aliphatic rings. The molecule has 2 aromatic rings. The smallest absolute Gasteiger partial charge is 0.338 e. The van der Waals surface area contributed by atoms with E-state index in [4.69, 9.17) is 9.47 Å². The van der Waals surface area contributed by atoms with E-state index in [1.807, 2.05) is 12.1 Å². The number of ether oxygens (including phenoxy) is 2. The van der Waals surface area contributed by atoms with E-state index < -0.39 is 5.97 Å². The second-order valence-electron chi connectivity index (χ2n) is 4.97. The van der Waals surface area contributed by atoms with Crippen LogP contribution in [0.3, 0.4) is 0 Å². The Bertz CT molecular complexity index is 714. The van der Waals surface area contributed by atoms with Crippen molar-refractivity contribution in [3.05, 3.63) is 54.1 Å². The summed E-state index contributed by atoms with van der Waals surface area (Å²) in [5.41, 5.74) is 2.21. The van der Waals surface area contributed by atoms with E-state index in [9.17, 15) is 14.4 Å². The van der Waals surface area contributed by atoms with E-state index in [1.54, 1.807) is 36.4 Å². The van der Waals surface area contributed by atoms with E-state index in [-0.39, 0.29) is 18.4 Å². The van der Waals surface area contributed by atoms with Crippen LogP contribution in [-0.2, 0) is 14.3 Å². The van der Waals surface area contributed by atoms with Gasteiger partial charge in [-0.15, -0.1) is 0 Å². The predicted molar refractivity (Wildman–Crippen MR) is 84.2 cm³/mol. The molecule has 0 saturated heterocycles. The summed E-state index contributed by atoms with van der Waals surface area (Å²) >= 11 is 0. The first-order chi connectivity index (χ1) is 11.0. The van der Waals surface area contributed by atoms with E-state index in [0.29, 0.717) is 11.3 Å². The Morgan fingerprint density at radius 2 is 1.35 bits per heavy atom. The first-order valence-electron chi connectivity index (χ1n) is 7.01. The molecule has 23 heavy (non-hydrogen) atoms. The van der Waals surface area contributed by atoms with Crippen LogP contribution in [0.25, 0.3) is 11.1 Å². The summed E-state index contributed by atoms with van der Waals surface area (Å²) in [6.45, 7) is 2.48. The maximum absolute atomic E-state index is 11.7. The largest absolute Gasteiger partial charge is 0.454 e. The molecule has 0 aliphatic carbocycles. The molecular formula is C18H16O5. The second-order valence-corrected chi connectivity index (χ2v) is 4.97. The van der Waals surface area contributed by atoms with E-state index in [2.05, 4.69) is 0 Å². The number of carbonyl (C=O) groups excluding carboxylic acids is 3. The van der Waals surface area contributed by atoms with Gasteiger partial charge in [0, 0.05) is 6.92 Å². The quantitative estimate of drug-likeness (QED) is 0.627. The van der Waals surface area contributed by atoms with Gasteiger partial charge in [0.15, 0.2) is 5.78 Å². The Balaban J connectivity index is 2.08. The number of carbonyl (C=O) groups is 3. The fourth-order valence-corrected chi connectivity index (χ4v) is 1.93. The summed E-state index contributed by atoms with van der Waals surface area (Å²) < 4.78 is 9.83. The third kappa shape index (κ3) is 4.78. The van der Waals surface area contributed by atoms with Gasteiger partial charge in [-0.2, -0.15) is 0 Å². The average Bonchev–Trinajstić information content (AvgIpc) is 2.53. The van der Waals surface area contributed by atoms with Crippen LogP contribution in [0, 0.1) is 0 Å². The number of hydrogen-bond donors (Lipinski definition) is 0. The topological polar surface area (TPSA) is 69.7 Å². The number of hydrogen-bond acceptors (Lipinski definition) is 5. The summed E-state index contributed by atoms with van der Waals surface area (Å²) in [6.07, 6.45) is 0. The van der Waals surface area contributed by atoms with Gasteiger partial charge in [-0.25, -0.2) is 4.79 Å². The number of ketones is 1. The van der Waals surface area contributed by atoms with Gasteiger partial charge in [-0.1, -0.05) is 24.3 Å². The first kappa shape index (κ1) is 16.4. The van der Waals surface area contributed by atoms with Gasteiger partial charge in [0.2, 0.25) is 0 Å². The SMILES string of the molecule is CC(=O)COC(=O)c1ccc(-c2ccc(OC(C)=O)cc2)cc1. The van der Waals surface area contributed by atoms with Crippen molar-refractivity contribution in [2.45, 2.75) is 13.8 Å². The highest BCUT2D eigenvalue weighted by molar-refractivity contribution is 5.91. The van der Waals surface area contributed by atoms with Gasteiger partial charge >= 0.3 is 11.9 Å². The standard InChI is InChI=1S/C18H16O5/c1-12(19)11-22-18(21)16-5-3-14(4-6-16)15-7-9-17(10-8-15)23-13(2)20/h3-10H,11H2,1-2H3. The fourth-order valence-electron chi connectivity index (χ4n) is 1.93. The molecule has 0 heterocycles. The molecule has 0 aromatic heterocycles. The molecule has 5 heteroatoms. The van der Waals surface area contributed by atoms with Gasteiger partial charge in [-0.3, -0.25) is 9.59 Å². The lowest BCUT2D eigenvalue weighted by Crippen LogP contribution is -2.11. The molecule has 0 unspecified atom stereocenters. The van der Waals surface area contributed by atoms with Crippen molar-refractivity contribution < 1.29 is 23.9 Å². The van der Waals surface area contributed by atoms with Crippen LogP contribution in [0.4, 0.5) is 0 Å². The zero-order valence-electron chi connectivity index (χ0n) is 12.9. The fraction of sp³-hybridized carbons (Fsp3) is 0.167. The normalized spacial score (nSPS) is 10.0. The molecule has 0 bridgehead atoms. The maximum atomic E-state index is 11.7. The maximum Gasteiger partial charge on any atom is 0.338 e. The highest BCUT2D eigenvalue weighted by Gasteiger charge is 2.08. The lowest BCUT2D eigenvalue weighted by atomic mass is 10.0. The van der Waals surface area contributed by atoms with E-state index >= 15 is 0 Å².